The fourth-order valence-corrected chi connectivity index (χ4v) is 3.26. The van der Waals surface area contributed by atoms with E-state index >= 15 is 0 Å². The number of amides is 1. The smallest absolute Gasteiger partial charge is 0.227 e. The zero-order valence-corrected chi connectivity index (χ0v) is 13.1. The number of anilines is 1. The van der Waals surface area contributed by atoms with E-state index in [1.807, 2.05) is 0 Å². The summed E-state index contributed by atoms with van der Waals surface area (Å²) in [4.78, 5) is 14.6. The first-order valence-corrected chi connectivity index (χ1v) is 8.08. The van der Waals surface area contributed by atoms with Crippen molar-refractivity contribution in [2.75, 3.05) is 44.8 Å². The molecule has 2 aliphatic heterocycles. The number of carbonyl (C=O) groups is 1. The van der Waals surface area contributed by atoms with Gasteiger partial charge in [0.1, 0.15) is 5.82 Å². The van der Waals surface area contributed by atoms with Gasteiger partial charge in [-0.3, -0.25) is 4.79 Å². The van der Waals surface area contributed by atoms with E-state index in [1.54, 1.807) is 12.1 Å². The summed E-state index contributed by atoms with van der Waals surface area (Å²) in [7, 11) is 0. The van der Waals surface area contributed by atoms with E-state index in [0.29, 0.717) is 18.9 Å². The molecule has 23 heavy (non-hydrogen) atoms. The van der Waals surface area contributed by atoms with E-state index in [0.717, 1.165) is 32.5 Å². The zero-order chi connectivity index (χ0) is 16.3. The predicted octanol–water partition coefficient (Wildman–Crippen LogP) is 1.49. The number of aliphatic hydroxyl groups excluding tert-OH is 1. The molecule has 0 atom stereocenters. The lowest BCUT2D eigenvalue weighted by Crippen LogP contribution is -2.54. The van der Waals surface area contributed by atoms with Crippen LogP contribution in [0, 0.1) is 17.2 Å². The van der Waals surface area contributed by atoms with Gasteiger partial charge in [0.15, 0.2) is 0 Å². The molecule has 1 aromatic rings. The molecule has 3 rings (SSSR count). The molecule has 0 aromatic heterocycles. The van der Waals surface area contributed by atoms with Crippen LogP contribution in [0.15, 0.2) is 24.3 Å². The van der Waals surface area contributed by atoms with Gasteiger partial charge in [0.05, 0.1) is 25.2 Å². The normalized spacial score (nSPS) is 21.7. The van der Waals surface area contributed by atoms with Gasteiger partial charge in [-0.25, -0.2) is 4.39 Å². The number of hydrogen-bond donors (Lipinski definition) is 2. The summed E-state index contributed by atoms with van der Waals surface area (Å²) < 4.78 is 18.4. The summed E-state index contributed by atoms with van der Waals surface area (Å²) in [6, 6.07) is 5.96. The van der Waals surface area contributed by atoms with Gasteiger partial charge in [-0.1, -0.05) is 6.07 Å². The van der Waals surface area contributed by atoms with Crippen molar-refractivity contribution in [1.29, 1.82) is 0 Å². The number of nitrogens with one attached hydrogen (secondary N) is 1. The summed E-state index contributed by atoms with van der Waals surface area (Å²) in [6.45, 7) is 3.87. The molecule has 0 radical (unpaired) electrons. The van der Waals surface area contributed by atoms with Crippen LogP contribution in [0.2, 0.25) is 0 Å². The SMILES string of the molecule is O=C(Nc1cccc(F)c1)C1CCN(CC2(CO)COC2)CC1. The average Bonchev–Trinajstić information content (AvgIpc) is 2.51. The number of nitrogens with zero attached hydrogens (tertiary/aromatic N) is 1. The molecule has 5 nitrogen and oxygen atoms in total. The number of rotatable bonds is 5. The van der Waals surface area contributed by atoms with Crippen LogP contribution in [-0.2, 0) is 9.53 Å². The van der Waals surface area contributed by atoms with Crippen LogP contribution in [0.5, 0.6) is 0 Å². The summed E-state index contributed by atoms with van der Waals surface area (Å²) in [6.07, 6.45) is 1.56. The molecular weight excluding hydrogens is 299 g/mol. The number of aliphatic hydroxyl groups is 1. The highest BCUT2D eigenvalue weighted by Crippen LogP contribution is 2.30. The van der Waals surface area contributed by atoms with Crippen molar-refractivity contribution in [3.8, 4) is 0 Å². The van der Waals surface area contributed by atoms with Crippen LogP contribution in [0.3, 0.4) is 0 Å². The van der Waals surface area contributed by atoms with Gasteiger partial charge in [-0.15, -0.1) is 0 Å². The lowest BCUT2D eigenvalue weighted by atomic mass is 9.85. The Balaban J connectivity index is 1.47. The molecule has 1 amide bonds. The fourth-order valence-electron chi connectivity index (χ4n) is 3.26. The number of hydrogen-bond acceptors (Lipinski definition) is 4. The van der Waals surface area contributed by atoms with Crippen molar-refractivity contribution >= 4 is 11.6 Å². The maximum atomic E-state index is 13.2. The molecule has 2 N–H and O–H groups in total. The highest BCUT2D eigenvalue weighted by Gasteiger charge is 2.40. The largest absolute Gasteiger partial charge is 0.396 e. The van der Waals surface area contributed by atoms with E-state index in [-0.39, 0.29) is 29.7 Å². The van der Waals surface area contributed by atoms with Gasteiger partial charge in [0, 0.05) is 18.2 Å². The van der Waals surface area contributed by atoms with Crippen molar-refractivity contribution < 1.29 is 19.0 Å². The van der Waals surface area contributed by atoms with E-state index in [1.165, 1.54) is 12.1 Å². The van der Waals surface area contributed by atoms with Crippen LogP contribution < -0.4 is 5.32 Å². The molecular formula is C17H23FN2O3. The van der Waals surface area contributed by atoms with E-state index in [2.05, 4.69) is 10.2 Å². The molecule has 6 heteroatoms. The Morgan fingerprint density at radius 2 is 2.13 bits per heavy atom. The standard InChI is InChI=1S/C17H23FN2O3/c18-14-2-1-3-15(8-14)19-16(22)13-4-6-20(7-5-13)9-17(10-21)11-23-12-17/h1-3,8,13,21H,4-7,9-12H2,(H,19,22). The monoisotopic (exact) mass is 322 g/mol. The second-order valence-corrected chi connectivity index (χ2v) is 6.70. The first kappa shape index (κ1) is 16.4. The van der Waals surface area contributed by atoms with Crippen molar-refractivity contribution in [3.05, 3.63) is 30.1 Å². The third kappa shape index (κ3) is 3.88. The third-order valence-electron chi connectivity index (χ3n) is 4.76. The molecule has 2 heterocycles. The van der Waals surface area contributed by atoms with Crippen LogP contribution in [-0.4, -0.2) is 55.4 Å². The minimum absolute atomic E-state index is 0.0425. The van der Waals surface area contributed by atoms with Gasteiger partial charge < -0.3 is 20.1 Å². The van der Waals surface area contributed by atoms with Crippen LogP contribution in [0.1, 0.15) is 12.8 Å². The second-order valence-electron chi connectivity index (χ2n) is 6.70. The molecule has 126 valence electrons. The molecule has 2 fully saturated rings. The van der Waals surface area contributed by atoms with Crippen molar-refractivity contribution in [2.45, 2.75) is 12.8 Å². The van der Waals surface area contributed by atoms with Crippen molar-refractivity contribution in [3.63, 3.8) is 0 Å². The highest BCUT2D eigenvalue weighted by molar-refractivity contribution is 5.92. The Morgan fingerprint density at radius 3 is 2.70 bits per heavy atom. The topological polar surface area (TPSA) is 61.8 Å². The molecule has 0 bridgehead atoms. The Morgan fingerprint density at radius 1 is 1.39 bits per heavy atom. The second kappa shape index (κ2) is 6.95. The lowest BCUT2D eigenvalue weighted by Gasteiger charge is -2.44. The first-order valence-electron chi connectivity index (χ1n) is 8.08. The molecule has 2 aliphatic rings. The van der Waals surface area contributed by atoms with Gasteiger partial charge in [0.2, 0.25) is 5.91 Å². The molecule has 0 saturated carbocycles. The van der Waals surface area contributed by atoms with E-state index < -0.39 is 0 Å². The fraction of sp³-hybridized carbons (Fsp3) is 0.588. The van der Waals surface area contributed by atoms with Crippen molar-refractivity contribution in [2.24, 2.45) is 11.3 Å². The Labute approximate surface area is 135 Å². The Kier molecular flexibility index (Phi) is 4.94. The number of likely N-dealkylation sites (tertiary alicyclic amines) is 1. The van der Waals surface area contributed by atoms with E-state index in [9.17, 15) is 14.3 Å². The molecule has 0 spiro atoms. The molecule has 0 unspecified atom stereocenters. The first-order chi connectivity index (χ1) is 11.1. The van der Waals surface area contributed by atoms with Gasteiger partial charge >= 0.3 is 0 Å². The summed E-state index contributed by atoms with van der Waals surface area (Å²) in [5.41, 5.74) is 0.389. The molecule has 0 aliphatic carbocycles. The summed E-state index contributed by atoms with van der Waals surface area (Å²) >= 11 is 0. The van der Waals surface area contributed by atoms with Crippen LogP contribution in [0.25, 0.3) is 0 Å². The minimum Gasteiger partial charge on any atom is -0.396 e. The van der Waals surface area contributed by atoms with E-state index in [4.69, 9.17) is 4.74 Å². The molecule has 2 saturated heterocycles. The average molecular weight is 322 g/mol. The third-order valence-corrected chi connectivity index (χ3v) is 4.76. The maximum Gasteiger partial charge on any atom is 0.227 e. The number of piperidine rings is 1. The lowest BCUT2D eigenvalue weighted by molar-refractivity contribution is -0.150. The van der Waals surface area contributed by atoms with Crippen LogP contribution in [0.4, 0.5) is 10.1 Å². The number of carbonyl (C=O) groups excluding carboxylic acids is 1. The summed E-state index contributed by atoms with van der Waals surface area (Å²) in [5.74, 6) is -0.439. The Bertz CT molecular complexity index is 549. The van der Waals surface area contributed by atoms with Gasteiger partial charge in [0.25, 0.3) is 0 Å². The maximum absolute atomic E-state index is 13.2. The number of benzene rings is 1. The number of ether oxygens (including phenoxy) is 1. The quantitative estimate of drug-likeness (QED) is 0.862. The zero-order valence-electron chi connectivity index (χ0n) is 13.1. The van der Waals surface area contributed by atoms with Crippen LogP contribution >= 0.6 is 0 Å². The van der Waals surface area contributed by atoms with Gasteiger partial charge in [-0.2, -0.15) is 0 Å². The molecule has 1 aromatic carbocycles. The highest BCUT2D eigenvalue weighted by atomic mass is 19.1. The Hall–Kier alpha value is -1.50. The minimum atomic E-state index is -0.352. The predicted molar refractivity (Wildman–Crippen MR) is 84.5 cm³/mol. The van der Waals surface area contributed by atoms with Crippen molar-refractivity contribution in [1.82, 2.24) is 4.90 Å². The summed E-state index contributed by atoms with van der Waals surface area (Å²) in [5, 5.41) is 12.3. The van der Waals surface area contributed by atoms with Gasteiger partial charge in [-0.05, 0) is 44.1 Å². The number of halogens is 1.